The lowest BCUT2D eigenvalue weighted by Crippen LogP contribution is -2.03. The number of nitrogens with zero attached hydrogens (tertiary/aromatic N) is 1. The van der Waals surface area contributed by atoms with Crippen molar-refractivity contribution < 1.29 is 13.9 Å². The normalized spacial score (nSPS) is 9.85. The maximum atomic E-state index is 13.6. The van der Waals surface area contributed by atoms with Gasteiger partial charge >= 0.3 is 0 Å². The van der Waals surface area contributed by atoms with Crippen LogP contribution in [0.3, 0.4) is 0 Å². The van der Waals surface area contributed by atoms with E-state index in [1.54, 1.807) is 24.3 Å². The monoisotopic (exact) mass is 269 g/mol. The van der Waals surface area contributed by atoms with E-state index in [4.69, 9.17) is 10.00 Å². The van der Waals surface area contributed by atoms with Crippen molar-refractivity contribution in [3.63, 3.8) is 0 Å². The quantitative estimate of drug-likeness (QED) is 0.798. The zero-order valence-corrected chi connectivity index (χ0v) is 10.9. The van der Waals surface area contributed by atoms with Gasteiger partial charge in [0, 0.05) is 5.56 Å². The third-order valence-corrected chi connectivity index (χ3v) is 2.82. The molecule has 0 fully saturated rings. The van der Waals surface area contributed by atoms with Crippen LogP contribution in [0.1, 0.15) is 28.4 Å². The lowest BCUT2D eigenvalue weighted by Gasteiger charge is -2.10. The number of hydrogen-bond acceptors (Lipinski definition) is 3. The summed E-state index contributed by atoms with van der Waals surface area (Å²) in [5.74, 6) is -0.155. The minimum atomic E-state index is -0.440. The first-order chi connectivity index (χ1) is 9.61. The molecule has 2 aromatic rings. The second-order valence-corrected chi connectivity index (χ2v) is 4.26. The average Bonchev–Trinajstić information content (AvgIpc) is 2.46. The number of rotatable bonds is 4. The van der Waals surface area contributed by atoms with Crippen molar-refractivity contribution in [1.82, 2.24) is 0 Å². The van der Waals surface area contributed by atoms with E-state index in [1.807, 2.05) is 6.07 Å². The molecule has 0 bridgehead atoms. The SMILES string of the molecule is CC(=O)c1ccccc1OCc1cc(C#N)ccc1F. The molecule has 0 saturated carbocycles. The molecule has 0 spiro atoms. The molecule has 0 aliphatic rings. The number of nitriles is 1. The van der Waals surface area contributed by atoms with Crippen LogP contribution in [0.5, 0.6) is 5.75 Å². The molecule has 20 heavy (non-hydrogen) atoms. The zero-order chi connectivity index (χ0) is 14.5. The van der Waals surface area contributed by atoms with E-state index in [9.17, 15) is 9.18 Å². The van der Waals surface area contributed by atoms with Crippen LogP contribution in [0.25, 0.3) is 0 Å². The Balaban J connectivity index is 2.21. The molecular formula is C16H12FNO2. The Labute approximate surface area is 116 Å². The molecule has 4 heteroatoms. The van der Waals surface area contributed by atoms with Crippen LogP contribution >= 0.6 is 0 Å². The number of para-hydroxylation sites is 1. The highest BCUT2D eigenvalue weighted by Gasteiger charge is 2.09. The summed E-state index contributed by atoms with van der Waals surface area (Å²) in [6.07, 6.45) is 0. The third kappa shape index (κ3) is 3.01. The Bertz CT molecular complexity index is 689. The number of halogens is 1. The second kappa shape index (κ2) is 5.98. The molecule has 0 aliphatic heterocycles. The van der Waals surface area contributed by atoms with Gasteiger partial charge in [-0.2, -0.15) is 5.26 Å². The van der Waals surface area contributed by atoms with Gasteiger partial charge in [-0.05, 0) is 37.3 Å². The molecule has 0 atom stereocenters. The topological polar surface area (TPSA) is 50.1 Å². The lowest BCUT2D eigenvalue weighted by molar-refractivity contribution is 0.101. The first-order valence-electron chi connectivity index (χ1n) is 6.03. The van der Waals surface area contributed by atoms with Gasteiger partial charge in [-0.1, -0.05) is 12.1 Å². The fourth-order valence-corrected chi connectivity index (χ4v) is 1.79. The predicted octanol–water partition coefficient (Wildman–Crippen LogP) is 3.48. The zero-order valence-electron chi connectivity index (χ0n) is 10.9. The molecule has 0 radical (unpaired) electrons. The molecule has 0 saturated heterocycles. The van der Waals surface area contributed by atoms with Crippen molar-refractivity contribution in [3.8, 4) is 11.8 Å². The Kier molecular flexibility index (Phi) is 4.11. The summed E-state index contributed by atoms with van der Waals surface area (Å²) in [6.45, 7) is 1.41. The summed E-state index contributed by atoms with van der Waals surface area (Å²) >= 11 is 0. The van der Waals surface area contributed by atoms with Gasteiger partial charge in [0.05, 0.1) is 17.2 Å². The number of Topliss-reactive ketones (excluding diaryl/α,β-unsaturated/α-hetero) is 1. The summed E-state index contributed by atoms with van der Waals surface area (Å²) in [4.78, 5) is 11.4. The molecule has 0 aromatic heterocycles. The number of benzene rings is 2. The van der Waals surface area contributed by atoms with E-state index in [0.29, 0.717) is 16.9 Å². The molecule has 0 heterocycles. The first-order valence-corrected chi connectivity index (χ1v) is 6.03. The van der Waals surface area contributed by atoms with Gasteiger partial charge in [0.2, 0.25) is 0 Å². The largest absolute Gasteiger partial charge is 0.488 e. The molecule has 0 unspecified atom stereocenters. The van der Waals surface area contributed by atoms with Crippen LogP contribution in [-0.4, -0.2) is 5.78 Å². The third-order valence-electron chi connectivity index (χ3n) is 2.82. The maximum absolute atomic E-state index is 13.6. The molecule has 0 N–H and O–H groups in total. The summed E-state index contributed by atoms with van der Waals surface area (Å²) in [5, 5.41) is 8.80. The van der Waals surface area contributed by atoms with Crippen molar-refractivity contribution in [2.45, 2.75) is 13.5 Å². The van der Waals surface area contributed by atoms with Crippen molar-refractivity contribution in [2.75, 3.05) is 0 Å². The summed E-state index contributed by atoms with van der Waals surface area (Å²) in [6, 6.07) is 12.8. The minimum Gasteiger partial charge on any atom is -0.488 e. The van der Waals surface area contributed by atoms with Crippen LogP contribution in [0.4, 0.5) is 4.39 Å². The van der Waals surface area contributed by atoms with Gasteiger partial charge in [-0.15, -0.1) is 0 Å². The van der Waals surface area contributed by atoms with Gasteiger partial charge < -0.3 is 4.74 Å². The van der Waals surface area contributed by atoms with Crippen molar-refractivity contribution in [1.29, 1.82) is 5.26 Å². The number of carbonyl (C=O) groups is 1. The van der Waals surface area contributed by atoms with E-state index in [0.717, 1.165) is 0 Å². The van der Waals surface area contributed by atoms with Crippen molar-refractivity contribution in [2.24, 2.45) is 0 Å². The highest BCUT2D eigenvalue weighted by atomic mass is 19.1. The number of hydrogen-bond donors (Lipinski definition) is 0. The van der Waals surface area contributed by atoms with Crippen LogP contribution in [0, 0.1) is 17.1 Å². The van der Waals surface area contributed by atoms with Gasteiger partial charge in [0.15, 0.2) is 5.78 Å². The van der Waals surface area contributed by atoms with Gasteiger partial charge in [-0.25, -0.2) is 4.39 Å². The molecule has 0 amide bonds. The molecule has 2 rings (SSSR count). The highest BCUT2D eigenvalue weighted by Crippen LogP contribution is 2.20. The maximum Gasteiger partial charge on any atom is 0.163 e. The Morgan fingerprint density at radius 2 is 2.05 bits per heavy atom. The molecule has 100 valence electrons. The Morgan fingerprint density at radius 3 is 2.75 bits per heavy atom. The fraction of sp³-hybridized carbons (Fsp3) is 0.125. The smallest absolute Gasteiger partial charge is 0.163 e. The number of carbonyl (C=O) groups excluding carboxylic acids is 1. The Hall–Kier alpha value is -2.67. The number of ketones is 1. The second-order valence-electron chi connectivity index (χ2n) is 4.26. The van der Waals surface area contributed by atoms with Crippen molar-refractivity contribution >= 4 is 5.78 Å². The lowest BCUT2D eigenvalue weighted by atomic mass is 10.1. The summed E-state index contributed by atoms with van der Waals surface area (Å²) < 4.78 is 19.1. The predicted molar refractivity (Wildman–Crippen MR) is 71.9 cm³/mol. The van der Waals surface area contributed by atoms with Crippen LogP contribution in [0.2, 0.25) is 0 Å². The van der Waals surface area contributed by atoms with E-state index < -0.39 is 5.82 Å². The van der Waals surface area contributed by atoms with E-state index >= 15 is 0 Å². The van der Waals surface area contributed by atoms with Gasteiger partial charge in [-0.3, -0.25) is 4.79 Å². The van der Waals surface area contributed by atoms with Crippen LogP contribution in [-0.2, 0) is 6.61 Å². The highest BCUT2D eigenvalue weighted by molar-refractivity contribution is 5.96. The summed E-state index contributed by atoms with van der Waals surface area (Å²) in [5.41, 5.74) is 1.09. The van der Waals surface area contributed by atoms with Gasteiger partial charge in [0.1, 0.15) is 18.2 Å². The molecule has 2 aromatic carbocycles. The van der Waals surface area contributed by atoms with Crippen LogP contribution < -0.4 is 4.74 Å². The minimum absolute atomic E-state index is 0.0361. The standard InChI is InChI=1S/C16H12FNO2/c1-11(19)14-4-2-3-5-16(14)20-10-13-8-12(9-18)6-7-15(13)17/h2-8H,10H2,1H3. The molecule has 0 aliphatic carbocycles. The average molecular weight is 269 g/mol. The van der Waals surface area contributed by atoms with E-state index in [2.05, 4.69) is 0 Å². The van der Waals surface area contributed by atoms with Gasteiger partial charge in [0.25, 0.3) is 0 Å². The first kappa shape index (κ1) is 13.8. The molecular weight excluding hydrogens is 257 g/mol. The Morgan fingerprint density at radius 1 is 1.30 bits per heavy atom. The van der Waals surface area contributed by atoms with Crippen molar-refractivity contribution in [3.05, 3.63) is 65.0 Å². The molecule has 3 nitrogen and oxygen atoms in total. The van der Waals surface area contributed by atoms with Crippen LogP contribution in [0.15, 0.2) is 42.5 Å². The number of ether oxygens (including phenoxy) is 1. The van der Waals surface area contributed by atoms with E-state index in [1.165, 1.54) is 25.1 Å². The summed E-state index contributed by atoms with van der Waals surface area (Å²) in [7, 11) is 0. The fourth-order valence-electron chi connectivity index (χ4n) is 1.79. The van der Waals surface area contributed by atoms with E-state index in [-0.39, 0.29) is 18.0 Å².